The summed E-state index contributed by atoms with van der Waals surface area (Å²) >= 11 is 6.05. The van der Waals surface area contributed by atoms with Gasteiger partial charge in [-0.15, -0.1) is 0 Å². The third kappa shape index (κ3) is 9.39. The average Bonchev–Trinajstić information content (AvgIpc) is 3.29. The van der Waals surface area contributed by atoms with Gasteiger partial charge >= 0.3 is 6.03 Å². The molecule has 264 valence electrons. The zero-order valence-electron chi connectivity index (χ0n) is 28.5. The highest BCUT2D eigenvalue weighted by Crippen LogP contribution is 2.26. The van der Waals surface area contributed by atoms with Crippen LogP contribution in [0.1, 0.15) is 44.4 Å². The molecular formula is C36H46ClN5O6S. The Labute approximate surface area is 294 Å². The van der Waals surface area contributed by atoms with Crippen molar-refractivity contribution in [3.63, 3.8) is 0 Å². The first-order chi connectivity index (χ1) is 23.1. The summed E-state index contributed by atoms with van der Waals surface area (Å²) in [6, 6.07) is 18.2. The fraction of sp³-hybridized carbons (Fsp3) is 0.417. The minimum Gasteiger partial charge on any atom is -0.397 e. The van der Waals surface area contributed by atoms with Crippen molar-refractivity contribution in [2.45, 2.75) is 70.7 Å². The summed E-state index contributed by atoms with van der Waals surface area (Å²) in [6.07, 6.45) is -1.18. The van der Waals surface area contributed by atoms with Crippen LogP contribution < -0.4 is 11.1 Å². The summed E-state index contributed by atoms with van der Waals surface area (Å²) in [4.78, 5) is 43.1. The normalized spacial score (nSPS) is 15.7. The first kappa shape index (κ1) is 37.8. The minimum absolute atomic E-state index is 0.0711. The number of anilines is 1. The first-order valence-electron chi connectivity index (χ1n) is 16.3. The van der Waals surface area contributed by atoms with Gasteiger partial charge in [-0.3, -0.25) is 14.5 Å². The fourth-order valence-corrected chi connectivity index (χ4v) is 7.77. The van der Waals surface area contributed by atoms with Crippen LogP contribution in [0.3, 0.4) is 0 Å². The molecule has 4 N–H and O–H groups in total. The lowest BCUT2D eigenvalue weighted by atomic mass is 9.97. The summed E-state index contributed by atoms with van der Waals surface area (Å²) in [5.74, 6) is -1.46. The number of imide groups is 1. The standard InChI is InChI=1S/C36H46ClN5O6S/c1-23(2)19-40(49(47,48)28-14-15-29(37)30(38)18-28)21-32(43)31(17-26-11-7-6-8-12-26)39-35(45)34(24(3)4)42-22-33(44)41(36(42)46)20-27-13-9-10-25(5)16-27/h6-16,18,23-24,31-32,34,43H,17,19-22,38H2,1-5H3,(H,39,45)/t31-,32-,34-/m0/s1. The van der Waals surface area contributed by atoms with Crippen LogP contribution in [0.2, 0.25) is 5.02 Å². The van der Waals surface area contributed by atoms with Gasteiger partial charge in [0.1, 0.15) is 12.6 Å². The van der Waals surface area contributed by atoms with Crippen molar-refractivity contribution < 1.29 is 27.9 Å². The number of nitrogen functional groups attached to an aromatic ring is 1. The molecule has 13 heteroatoms. The lowest BCUT2D eigenvalue weighted by molar-refractivity contribution is -0.129. The van der Waals surface area contributed by atoms with Crippen LogP contribution >= 0.6 is 11.6 Å². The number of aryl methyl sites for hydroxylation is 1. The molecule has 1 heterocycles. The van der Waals surface area contributed by atoms with E-state index in [1.54, 1.807) is 13.8 Å². The van der Waals surface area contributed by atoms with Gasteiger partial charge in [-0.05, 0) is 54.5 Å². The van der Waals surface area contributed by atoms with Gasteiger partial charge in [-0.2, -0.15) is 4.31 Å². The Balaban J connectivity index is 1.60. The number of halogens is 1. The van der Waals surface area contributed by atoms with Gasteiger partial charge in [-0.25, -0.2) is 13.2 Å². The van der Waals surface area contributed by atoms with E-state index >= 15 is 0 Å². The van der Waals surface area contributed by atoms with E-state index in [0.717, 1.165) is 21.6 Å². The zero-order valence-corrected chi connectivity index (χ0v) is 30.1. The van der Waals surface area contributed by atoms with E-state index in [1.165, 1.54) is 27.4 Å². The van der Waals surface area contributed by atoms with Crippen molar-refractivity contribution >= 4 is 45.2 Å². The lowest BCUT2D eigenvalue weighted by Gasteiger charge is -2.34. The number of aliphatic hydroxyl groups is 1. The zero-order chi connectivity index (χ0) is 36.0. The van der Waals surface area contributed by atoms with Gasteiger partial charge in [-0.1, -0.05) is 99.5 Å². The number of hydrogen-bond acceptors (Lipinski definition) is 7. The fourth-order valence-electron chi connectivity index (χ4n) is 6.00. The van der Waals surface area contributed by atoms with Gasteiger partial charge in [0.2, 0.25) is 15.9 Å². The Kier molecular flexibility index (Phi) is 12.5. The van der Waals surface area contributed by atoms with Crippen LogP contribution in [-0.2, 0) is 32.6 Å². The third-order valence-electron chi connectivity index (χ3n) is 8.40. The van der Waals surface area contributed by atoms with Gasteiger partial charge in [0.15, 0.2) is 0 Å². The van der Waals surface area contributed by atoms with Crippen molar-refractivity contribution in [2.24, 2.45) is 11.8 Å². The average molecular weight is 712 g/mol. The molecule has 49 heavy (non-hydrogen) atoms. The summed E-state index contributed by atoms with van der Waals surface area (Å²) in [7, 11) is -4.13. The van der Waals surface area contributed by atoms with Crippen LogP contribution in [0.4, 0.5) is 10.5 Å². The predicted octanol–water partition coefficient (Wildman–Crippen LogP) is 4.45. The predicted molar refractivity (Wildman–Crippen MR) is 190 cm³/mol. The molecule has 3 atom stereocenters. The number of nitrogens with two attached hydrogens (primary N) is 1. The van der Waals surface area contributed by atoms with Crippen molar-refractivity contribution in [1.29, 1.82) is 0 Å². The highest BCUT2D eigenvalue weighted by atomic mass is 35.5. The SMILES string of the molecule is Cc1cccc(CN2C(=O)CN([C@H](C(=O)N[C@@H](Cc3ccccc3)[C@@H](O)CN(CC(C)C)S(=O)(=O)c3ccc(Cl)c(N)c3)C(C)C)C2=O)c1. The van der Waals surface area contributed by atoms with Crippen LogP contribution in [0.25, 0.3) is 0 Å². The first-order valence-corrected chi connectivity index (χ1v) is 18.1. The molecule has 0 bridgehead atoms. The van der Waals surface area contributed by atoms with E-state index in [4.69, 9.17) is 17.3 Å². The highest BCUT2D eigenvalue weighted by molar-refractivity contribution is 7.89. The van der Waals surface area contributed by atoms with E-state index < -0.39 is 52.0 Å². The molecular weight excluding hydrogens is 666 g/mol. The molecule has 1 aliphatic rings. The molecule has 11 nitrogen and oxygen atoms in total. The van der Waals surface area contributed by atoms with E-state index in [1.807, 2.05) is 75.4 Å². The van der Waals surface area contributed by atoms with E-state index in [9.17, 15) is 27.9 Å². The van der Waals surface area contributed by atoms with Gasteiger partial charge in [0.05, 0.1) is 34.3 Å². The second-order valence-electron chi connectivity index (χ2n) is 13.3. The number of nitrogens with one attached hydrogen (secondary N) is 1. The second kappa shape index (κ2) is 16.2. The van der Waals surface area contributed by atoms with Crippen LogP contribution in [0.5, 0.6) is 0 Å². The van der Waals surface area contributed by atoms with Gasteiger partial charge < -0.3 is 21.1 Å². The maximum atomic E-state index is 14.1. The number of amides is 4. The van der Waals surface area contributed by atoms with Gasteiger partial charge in [0, 0.05) is 13.1 Å². The highest BCUT2D eigenvalue weighted by Gasteiger charge is 2.44. The summed E-state index contributed by atoms with van der Waals surface area (Å²) < 4.78 is 28.9. The van der Waals surface area contributed by atoms with Crippen LogP contribution in [-0.4, -0.2) is 83.3 Å². The number of urea groups is 1. The molecule has 1 saturated heterocycles. The van der Waals surface area contributed by atoms with Crippen LogP contribution in [0, 0.1) is 18.8 Å². The molecule has 4 rings (SSSR count). The number of carbonyl (C=O) groups is 3. The molecule has 0 unspecified atom stereocenters. The molecule has 0 spiro atoms. The number of sulfonamides is 1. The van der Waals surface area contributed by atoms with Gasteiger partial charge in [0.25, 0.3) is 5.91 Å². The number of benzene rings is 3. The van der Waals surface area contributed by atoms with Crippen molar-refractivity contribution in [3.8, 4) is 0 Å². The molecule has 0 aliphatic carbocycles. The largest absolute Gasteiger partial charge is 0.397 e. The Morgan fingerprint density at radius 3 is 2.27 bits per heavy atom. The number of carbonyl (C=O) groups excluding carboxylic acids is 3. The van der Waals surface area contributed by atoms with Crippen molar-refractivity contribution in [2.75, 3.05) is 25.4 Å². The number of nitrogens with zero attached hydrogens (tertiary/aromatic N) is 3. The second-order valence-corrected chi connectivity index (χ2v) is 15.7. The van der Waals surface area contributed by atoms with E-state index in [0.29, 0.717) is 0 Å². The van der Waals surface area contributed by atoms with Crippen molar-refractivity contribution in [3.05, 3.63) is 94.5 Å². The Morgan fingerprint density at radius 1 is 0.980 bits per heavy atom. The molecule has 0 saturated carbocycles. The summed E-state index contributed by atoms with van der Waals surface area (Å²) in [5.41, 5.74) is 8.61. The molecule has 1 aliphatic heterocycles. The lowest BCUT2D eigenvalue weighted by Crippen LogP contribution is -2.57. The molecule has 1 fully saturated rings. The molecule has 3 aromatic rings. The van der Waals surface area contributed by atoms with E-state index in [-0.39, 0.29) is 54.1 Å². The monoisotopic (exact) mass is 711 g/mol. The number of aliphatic hydroxyl groups excluding tert-OH is 1. The molecule has 3 aromatic carbocycles. The molecule has 4 amide bonds. The third-order valence-corrected chi connectivity index (χ3v) is 10.6. The molecule has 0 aromatic heterocycles. The topological polar surface area (TPSA) is 153 Å². The minimum atomic E-state index is -4.13. The number of rotatable bonds is 15. The summed E-state index contributed by atoms with van der Waals surface area (Å²) in [6.45, 7) is 8.77. The maximum Gasteiger partial charge on any atom is 0.328 e. The maximum absolute atomic E-state index is 14.1. The van der Waals surface area contributed by atoms with Crippen molar-refractivity contribution in [1.82, 2.24) is 19.4 Å². The van der Waals surface area contributed by atoms with E-state index in [2.05, 4.69) is 5.32 Å². The Bertz CT molecular complexity index is 1750. The Morgan fingerprint density at radius 2 is 1.65 bits per heavy atom. The molecule has 0 radical (unpaired) electrons. The summed E-state index contributed by atoms with van der Waals surface area (Å²) in [5, 5.41) is 14.9. The number of hydrogen-bond donors (Lipinski definition) is 3. The van der Waals surface area contributed by atoms with Crippen LogP contribution in [0.15, 0.2) is 77.7 Å². The Hall–Kier alpha value is -3.97. The quantitative estimate of drug-likeness (QED) is 0.156. The smallest absolute Gasteiger partial charge is 0.328 e.